The van der Waals surface area contributed by atoms with Crippen LogP contribution in [0.5, 0.6) is 0 Å². The molecule has 0 saturated carbocycles. The summed E-state index contributed by atoms with van der Waals surface area (Å²) in [5, 5.41) is 0. The minimum Gasteiger partial charge on any atom is -0.328 e. The molecule has 0 amide bonds. The Morgan fingerprint density at radius 3 is 2.20 bits per heavy atom. The van der Waals surface area contributed by atoms with Crippen LogP contribution < -0.4 is 5.73 Å². The van der Waals surface area contributed by atoms with Crippen LogP contribution in [-0.4, -0.2) is 12.7 Å². The molecule has 0 aromatic rings. The lowest BCUT2D eigenvalue weighted by Gasteiger charge is -1.86. The molecular weight excluding hydrogens is 69.0 g/mol. The van der Waals surface area contributed by atoms with Crippen molar-refractivity contribution in [2.24, 2.45) is 5.73 Å². The SMILES string of the molecule is [CH2][C@@H](F)CN. The van der Waals surface area contributed by atoms with Gasteiger partial charge in [0.15, 0.2) is 0 Å². The molecule has 5 heavy (non-hydrogen) atoms. The van der Waals surface area contributed by atoms with E-state index in [9.17, 15) is 4.39 Å². The second kappa shape index (κ2) is 2.15. The first-order valence-electron chi connectivity index (χ1n) is 1.44. The zero-order valence-electron chi connectivity index (χ0n) is 2.95. The molecule has 0 saturated heterocycles. The molecule has 0 aliphatic carbocycles. The summed E-state index contributed by atoms with van der Waals surface area (Å²) < 4.78 is 11.2. The fraction of sp³-hybridized carbons (Fsp3) is 0.667. The van der Waals surface area contributed by atoms with E-state index in [0.29, 0.717) is 0 Å². The highest BCUT2D eigenvalue weighted by atomic mass is 19.1. The van der Waals surface area contributed by atoms with Crippen LogP contribution in [0.15, 0.2) is 0 Å². The van der Waals surface area contributed by atoms with Gasteiger partial charge in [0, 0.05) is 6.54 Å². The minimum absolute atomic E-state index is 0.0278. The van der Waals surface area contributed by atoms with E-state index in [1.54, 1.807) is 0 Å². The summed E-state index contributed by atoms with van der Waals surface area (Å²) in [7, 11) is 0. The fourth-order valence-corrected chi connectivity index (χ4v) is 0. The van der Waals surface area contributed by atoms with Crippen LogP contribution in [0.2, 0.25) is 0 Å². The fourth-order valence-electron chi connectivity index (χ4n) is 0. The largest absolute Gasteiger partial charge is 0.328 e. The maximum absolute atomic E-state index is 11.2. The van der Waals surface area contributed by atoms with E-state index in [1.165, 1.54) is 0 Å². The molecule has 0 aromatic carbocycles. The lowest BCUT2D eigenvalue weighted by atomic mass is 10.5. The van der Waals surface area contributed by atoms with Crippen molar-refractivity contribution in [3.05, 3.63) is 6.92 Å². The second-order valence-corrected chi connectivity index (χ2v) is 0.833. The zero-order chi connectivity index (χ0) is 4.28. The molecule has 0 fully saturated rings. The van der Waals surface area contributed by atoms with Gasteiger partial charge in [-0.3, -0.25) is 0 Å². The Morgan fingerprint density at radius 2 is 2.20 bits per heavy atom. The van der Waals surface area contributed by atoms with Crippen molar-refractivity contribution >= 4 is 0 Å². The molecule has 0 aliphatic rings. The average molecular weight is 76.1 g/mol. The Labute approximate surface area is 31.0 Å². The summed E-state index contributed by atoms with van der Waals surface area (Å²) >= 11 is 0. The normalized spacial score (nSPS) is 15.0. The molecule has 0 rings (SSSR count). The van der Waals surface area contributed by atoms with Crippen LogP contribution in [0, 0.1) is 6.92 Å². The molecule has 0 spiro atoms. The van der Waals surface area contributed by atoms with Gasteiger partial charge >= 0.3 is 0 Å². The molecule has 0 unspecified atom stereocenters. The molecule has 0 aromatic heterocycles. The van der Waals surface area contributed by atoms with Crippen LogP contribution in [0.3, 0.4) is 0 Å². The van der Waals surface area contributed by atoms with Crippen LogP contribution in [0.1, 0.15) is 0 Å². The molecular formula is C3H7FN. The molecule has 0 bridgehead atoms. The summed E-state index contributed by atoms with van der Waals surface area (Å²) in [6.07, 6.45) is -1.09. The number of hydrogen-bond acceptors (Lipinski definition) is 1. The highest BCUT2D eigenvalue weighted by molar-refractivity contribution is 4.54. The van der Waals surface area contributed by atoms with Gasteiger partial charge in [0.1, 0.15) is 6.17 Å². The number of rotatable bonds is 1. The van der Waals surface area contributed by atoms with Gasteiger partial charge in [-0.15, -0.1) is 0 Å². The summed E-state index contributed by atoms with van der Waals surface area (Å²) in [6.45, 7) is 2.99. The van der Waals surface area contributed by atoms with Gasteiger partial charge in [-0.25, -0.2) is 4.39 Å². The number of hydrogen-bond donors (Lipinski definition) is 1. The van der Waals surface area contributed by atoms with E-state index in [0.717, 1.165) is 0 Å². The molecule has 1 radical (unpaired) electrons. The van der Waals surface area contributed by atoms with E-state index in [1.807, 2.05) is 0 Å². The highest BCUT2D eigenvalue weighted by Crippen LogP contribution is 1.76. The molecule has 0 aliphatic heterocycles. The van der Waals surface area contributed by atoms with Crippen molar-refractivity contribution in [1.29, 1.82) is 0 Å². The highest BCUT2D eigenvalue weighted by Gasteiger charge is 1.85. The van der Waals surface area contributed by atoms with Crippen molar-refractivity contribution in [2.75, 3.05) is 6.54 Å². The van der Waals surface area contributed by atoms with Crippen LogP contribution in [0.4, 0.5) is 4.39 Å². The third-order valence-corrected chi connectivity index (χ3v) is 0.256. The first kappa shape index (κ1) is 4.89. The van der Waals surface area contributed by atoms with Gasteiger partial charge < -0.3 is 5.73 Å². The molecule has 2 N–H and O–H groups in total. The minimum atomic E-state index is -1.09. The second-order valence-electron chi connectivity index (χ2n) is 0.833. The third kappa shape index (κ3) is 3.89. The molecule has 31 valence electrons. The van der Waals surface area contributed by atoms with Crippen LogP contribution >= 0.6 is 0 Å². The average Bonchev–Trinajstić information content (AvgIpc) is 1.38. The van der Waals surface area contributed by atoms with E-state index in [4.69, 9.17) is 5.73 Å². The molecule has 1 atom stereocenters. The Hall–Kier alpha value is -0.110. The van der Waals surface area contributed by atoms with Crippen molar-refractivity contribution in [2.45, 2.75) is 6.17 Å². The predicted octanol–water partition coefficient (Wildman–Crippen LogP) is 0.117. The van der Waals surface area contributed by atoms with Crippen LogP contribution in [-0.2, 0) is 0 Å². The van der Waals surface area contributed by atoms with Crippen molar-refractivity contribution < 1.29 is 4.39 Å². The van der Waals surface area contributed by atoms with Crippen molar-refractivity contribution in [3.63, 3.8) is 0 Å². The summed E-state index contributed by atoms with van der Waals surface area (Å²) in [6, 6.07) is 0. The lowest BCUT2D eigenvalue weighted by molar-refractivity contribution is 0.405. The maximum atomic E-state index is 11.2. The van der Waals surface area contributed by atoms with E-state index in [-0.39, 0.29) is 6.54 Å². The Morgan fingerprint density at radius 1 is 2.00 bits per heavy atom. The quantitative estimate of drug-likeness (QED) is 0.471. The van der Waals surface area contributed by atoms with Crippen molar-refractivity contribution in [3.8, 4) is 0 Å². The Kier molecular flexibility index (Phi) is 2.10. The maximum Gasteiger partial charge on any atom is 0.112 e. The number of alkyl halides is 1. The predicted molar refractivity (Wildman–Crippen MR) is 19.3 cm³/mol. The van der Waals surface area contributed by atoms with Gasteiger partial charge in [0.2, 0.25) is 0 Å². The topological polar surface area (TPSA) is 26.0 Å². The number of nitrogens with two attached hydrogens (primary N) is 1. The van der Waals surface area contributed by atoms with Gasteiger partial charge in [0.05, 0.1) is 0 Å². The van der Waals surface area contributed by atoms with Crippen molar-refractivity contribution in [1.82, 2.24) is 0 Å². The third-order valence-electron chi connectivity index (χ3n) is 0.256. The van der Waals surface area contributed by atoms with Gasteiger partial charge in [0.25, 0.3) is 0 Å². The first-order chi connectivity index (χ1) is 2.27. The van der Waals surface area contributed by atoms with Gasteiger partial charge in [-0.1, -0.05) is 0 Å². The van der Waals surface area contributed by atoms with E-state index >= 15 is 0 Å². The first-order valence-corrected chi connectivity index (χ1v) is 1.44. The molecule has 2 heteroatoms. The Balaban J connectivity index is 2.54. The Bertz CT molecular complexity index is 20.9. The molecule has 1 nitrogen and oxygen atoms in total. The number of halogens is 1. The summed E-state index contributed by atoms with van der Waals surface area (Å²) in [5.74, 6) is 0. The smallest absolute Gasteiger partial charge is 0.112 e. The molecule has 0 heterocycles. The van der Waals surface area contributed by atoms with E-state index in [2.05, 4.69) is 6.92 Å². The van der Waals surface area contributed by atoms with Crippen LogP contribution in [0.25, 0.3) is 0 Å². The lowest BCUT2D eigenvalue weighted by Crippen LogP contribution is -2.10. The van der Waals surface area contributed by atoms with Gasteiger partial charge in [-0.05, 0) is 6.92 Å². The summed E-state index contributed by atoms with van der Waals surface area (Å²) in [5.41, 5.74) is 4.73. The van der Waals surface area contributed by atoms with E-state index < -0.39 is 6.17 Å². The summed E-state index contributed by atoms with van der Waals surface area (Å²) in [4.78, 5) is 0. The monoisotopic (exact) mass is 76.1 g/mol. The standard InChI is InChI=1S/C3H7FN/c1-3(4)2-5/h3H,1-2,5H2/t3-/m1/s1. The van der Waals surface area contributed by atoms with Gasteiger partial charge in [-0.2, -0.15) is 0 Å². The zero-order valence-corrected chi connectivity index (χ0v) is 2.95.